The molecule has 0 heterocycles. The predicted octanol–water partition coefficient (Wildman–Crippen LogP) is 2.26. The Labute approximate surface area is 172 Å². The van der Waals surface area contributed by atoms with Crippen LogP contribution in [0.3, 0.4) is 0 Å². The highest BCUT2D eigenvalue weighted by Crippen LogP contribution is 2.30. The minimum absolute atomic E-state index is 0.110. The minimum atomic E-state index is -4.70. The van der Waals surface area contributed by atoms with Gasteiger partial charge in [0.2, 0.25) is 15.9 Å². The van der Waals surface area contributed by atoms with E-state index in [1.165, 1.54) is 24.3 Å². The second kappa shape index (κ2) is 8.74. The van der Waals surface area contributed by atoms with Gasteiger partial charge in [0.25, 0.3) is 0 Å². The Morgan fingerprint density at radius 3 is 2.13 bits per heavy atom. The summed E-state index contributed by atoms with van der Waals surface area (Å²) in [7, 11) is -7.70. The van der Waals surface area contributed by atoms with Crippen molar-refractivity contribution >= 4 is 25.8 Å². The molecule has 0 saturated carbocycles. The number of sulfonamides is 1. The summed E-state index contributed by atoms with van der Waals surface area (Å²) >= 11 is 0. The molecule has 2 rings (SSSR count). The summed E-state index contributed by atoms with van der Waals surface area (Å²) in [5.41, 5.74) is -0.544. The number of carbonyl (C=O) groups excluding carboxylic acids is 1. The van der Waals surface area contributed by atoms with Crippen LogP contribution >= 0.6 is 0 Å². The number of sulfone groups is 1. The molecule has 0 fully saturated rings. The Bertz CT molecular complexity index is 1130. The molecular formula is C18H19F3N2O5S2. The van der Waals surface area contributed by atoms with Crippen molar-refractivity contribution in [2.24, 2.45) is 0 Å². The van der Waals surface area contributed by atoms with Crippen LogP contribution in [0.2, 0.25) is 0 Å². The van der Waals surface area contributed by atoms with Gasteiger partial charge in [-0.2, -0.15) is 13.2 Å². The Morgan fingerprint density at radius 1 is 1.00 bits per heavy atom. The maximum Gasteiger partial charge on any atom is 0.416 e. The van der Waals surface area contributed by atoms with Crippen molar-refractivity contribution in [2.75, 3.05) is 12.8 Å². The lowest BCUT2D eigenvalue weighted by Crippen LogP contribution is -2.38. The van der Waals surface area contributed by atoms with E-state index in [2.05, 4.69) is 5.32 Å². The van der Waals surface area contributed by atoms with Crippen molar-refractivity contribution < 1.29 is 34.8 Å². The summed E-state index contributed by atoms with van der Waals surface area (Å²) in [5.74, 6) is -0.717. The molecular weight excluding hydrogens is 445 g/mol. The highest BCUT2D eigenvalue weighted by atomic mass is 32.2. The van der Waals surface area contributed by atoms with Crippen LogP contribution in [-0.4, -0.2) is 35.5 Å². The zero-order valence-corrected chi connectivity index (χ0v) is 17.5. The topological polar surface area (TPSA) is 109 Å². The van der Waals surface area contributed by atoms with Crippen molar-refractivity contribution in [2.45, 2.75) is 28.9 Å². The van der Waals surface area contributed by atoms with Crippen molar-refractivity contribution in [3.05, 3.63) is 59.7 Å². The summed E-state index contributed by atoms with van der Waals surface area (Å²) in [6.45, 7) is 0.916. The van der Waals surface area contributed by atoms with Gasteiger partial charge in [0, 0.05) is 6.26 Å². The highest BCUT2D eigenvalue weighted by molar-refractivity contribution is 7.90. The summed E-state index contributed by atoms with van der Waals surface area (Å²) in [6.07, 6.45) is -3.64. The molecule has 2 aromatic rings. The molecule has 30 heavy (non-hydrogen) atoms. The summed E-state index contributed by atoms with van der Waals surface area (Å²) < 4.78 is 87.5. The maximum atomic E-state index is 12.8. The average molecular weight is 464 g/mol. The molecule has 12 heteroatoms. The lowest BCUT2D eigenvalue weighted by molar-refractivity contribution is -0.137. The molecule has 164 valence electrons. The number of halogens is 3. The molecule has 0 saturated heterocycles. The first kappa shape index (κ1) is 23.8. The van der Waals surface area contributed by atoms with Crippen LogP contribution in [0, 0.1) is 0 Å². The van der Waals surface area contributed by atoms with Gasteiger partial charge in [-0.3, -0.25) is 4.79 Å². The molecule has 0 radical (unpaired) electrons. The molecule has 1 amide bonds. The van der Waals surface area contributed by atoms with E-state index in [1.807, 2.05) is 4.72 Å². The van der Waals surface area contributed by atoms with E-state index >= 15 is 0 Å². The van der Waals surface area contributed by atoms with Crippen molar-refractivity contribution in [3.63, 3.8) is 0 Å². The van der Waals surface area contributed by atoms with Crippen LogP contribution in [0.15, 0.2) is 58.3 Å². The zero-order chi connectivity index (χ0) is 22.7. The SMILES string of the molecule is CC(NC(=O)CNS(=O)(=O)c1cccc(C(F)(F)F)c1)c1ccc(S(C)(=O)=O)cc1. The third kappa shape index (κ3) is 6.28. The van der Waals surface area contributed by atoms with Gasteiger partial charge in [-0.15, -0.1) is 0 Å². The maximum absolute atomic E-state index is 12.8. The first-order valence-electron chi connectivity index (χ1n) is 8.46. The zero-order valence-electron chi connectivity index (χ0n) is 15.9. The van der Waals surface area contributed by atoms with Crippen molar-refractivity contribution in [1.29, 1.82) is 0 Å². The van der Waals surface area contributed by atoms with E-state index in [9.17, 15) is 34.8 Å². The smallest absolute Gasteiger partial charge is 0.348 e. The second-order valence-corrected chi connectivity index (χ2v) is 10.3. The van der Waals surface area contributed by atoms with E-state index in [1.54, 1.807) is 6.92 Å². The Morgan fingerprint density at radius 2 is 1.60 bits per heavy atom. The van der Waals surface area contributed by atoms with Crippen molar-refractivity contribution in [1.82, 2.24) is 10.0 Å². The highest BCUT2D eigenvalue weighted by Gasteiger charge is 2.31. The predicted molar refractivity (Wildman–Crippen MR) is 103 cm³/mol. The first-order chi connectivity index (χ1) is 13.7. The second-order valence-electron chi connectivity index (χ2n) is 6.48. The number of hydrogen-bond acceptors (Lipinski definition) is 5. The third-order valence-electron chi connectivity index (χ3n) is 4.08. The molecule has 7 nitrogen and oxygen atoms in total. The standard InChI is InChI=1S/C18H19F3N2O5S2/c1-12(13-6-8-15(9-7-13)29(2,25)26)23-17(24)11-22-30(27,28)16-5-3-4-14(10-16)18(19,20)21/h3-10,12,22H,11H2,1-2H3,(H,23,24). The molecule has 0 aliphatic carbocycles. The van der Waals surface area contributed by atoms with Crippen LogP contribution < -0.4 is 10.0 Å². The molecule has 2 N–H and O–H groups in total. The molecule has 0 aliphatic heterocycles. The van der Waals surface area contributed by atoms with Gasteiger partial charge in [0.05, 0.1) is 27.9 Å². The Hall–Kier alpha value is -2.44. The third-order valence-corrected chi connectivity index (χ3v) is 6.61. The van der Waals surface area contributed by atoms with Gasteiger partial charge in [-0.1, -0.05) is 18.2 Å². The van der Waals surface area contributed by atoms with Crippen LogP contribution in [-0.2, 0) is 30.8 Å². The van der Waals surface area contributed by atoms with Gasteiger partial charge >= 0.3 is 6.18 Å². The summed E-state index contributed by atoms with van der Waals surface area (Å²) in [4.78, 5) is 11.5. The Balaban J connectivity index is 2.01. The molecule has 0 spiro atoms. The number of benzene rings is 2. The van der Waals surface area contributed by atoms with Crippen LogP contribution in [0.25, 0.3) is 0 Å². The summed E-state index contributed by atoms with van der Waals surface area (Å²) in [6, 6.07) is 8.37. The fourth-order valence-electron chi connectivity index (χ4n) is 2.46. The van der Waals surface area contributed by atoms with E-state index in [0.717, 1.165) is 24.5 Å². The van der Waals surface area contributed by atoms with Gasteiger partial charge in [-0.05, 0) is 42.8 Å². The lowest BCUT2D eigenvalue weighted by atomic mass is 10.1. The van der Waals surface area contributed by atoms with E-state index in [-0.39, 0.29) is 4.90 Å². The van der Waals surface area contributed by atoms with Crippen LogP contribution in [0.5, 0.6) is 0 Å². The number of nitrogens with one attached hydrogen (secondary N) is 2. The van der Waals surface area contributed by atoms with E-state index in [0.29, 0.717) is 11.6 Å². The number of alkyl halides is 3. The Kier molecular flexibility index (Phi) is 6.94. The normalized spacial score (nSPS) is 13.6. The van der Waals surface area contributed by atoms with Crippen molar-refractivity contribution in [3.8, 4) is 0 Å². The largest absolute Gasteiger partial charge is 0.416 e. The van der Waals surface area contributed by atoms with Crippen LogP contribution in [0.1, 0.15) is 24.1 Å². The van der Waals surface area contributed by atoms with E-state index < -0.39 is 55.0 Å². The van der Waals surface area contributed by atoms with Gasteiger partial charge < -0.3 is 5.32 Å². The number of hydrogen-bond donors (Lipinski definition) is 2. The fourth-order valence-corrected chi connectivity index (χ4v) is 4.12. The minimum Gasteiger partial charge on any atom is -0.348 e. The lowest BCUT2D eigenvalue weighted by Gasteiger charge is -2.15. The monoisotopic (exact) mass is 464 g/mol. The van der Waals surface area contributed by atoms with E-state index in [4.69, 9.17) is 0 Å². The fraction of sp³-hybridized carbons (Fsp3) is 0.278. The van der Waals surface area contributed by atoms with Gasteiger partial charge in [-0.25, -0.2) is 21.6 Å². The molecule has 0 aliphatic rings. The van der Waals surface area contributed by atoms with Gasteiger partial charge in [0.15, 0.2) is 9.84 Å². The average Bonchev–Trinajstić information content (AvgIpc) is 2.65. The number of amides is 1. The number of carbonyl (C=O) groups is 1. The quantitative estimate of drug-likeness (QED) is 0.653. The first-order valence-corrected chi connectivity index (χ1v) is 11.8. The van der Waals surface area contributed by atoms with Gasteiger partial charge in [0.1, 0.15) is 0 Å². The molecule has 0 bridgehead atoms. The molecule has 0 aromatic heterocycles. The van der Waals surface area contributed by atoms with Crippen LogP contribution in [0.4, 0.5) is 13.2 Å². The summed E-state index contributed by atoms with van der Waals surface area (Å²) in [5, 5.41) is 2.52. The molecule has 1 atom stereocenters. The molecule has 2 aromatic carbocycles. The molecule has 1 unspecified atom stereocenters. The number of rotatable bonds is 7.